The van der Waals surface area contributed by atoms with Gasteiger partial charge in [0.25, 0.3) is 0 Å². The average Bonchev–Trinajstić information content (AvgIpc) is 2.38. The molecule has 0 amide bonds. The standard InChI is InChI=1S/C15H34N4O2S.HI/c1-6-19(7-2)22(20,21)12-11-17-15(16)18-14(5)10-8-9-13(3)4;/h13-14H,6-12H2,1-5H3,(H3,16,17,18);1H. The van der Waals surface area contributed by atoms with Gasteiger partial charge in [-0.1, -0.05) is 40.5 Å². The van der Waals surface area contributed by atoms with Crippen LogP contribution in [0.4, 0.5) is 0 Å². The highest BCUT2D eigenvalue weighted by atomic mass is 127. The van der Waals surface area contributed by atoms with E-state index in [2.05, 4.69) is 31.1 Å². The summed E-state index contributed by atoms with van der Waals surface area (Å²) in [5.74, 6) is 1.04. The summed E-state index contributed by atoms with van der Waals surface area (Å²) in [6.45, 7) is 11.3. The van der Waals surface area contributed by atoms with Gasteiger partial charge in [0.2, 0.25) is 10.0 Å². The van der Waals surface area contributed by atoms with Gasteiger partial charge in [-0.25, -0.2) is 12.7 Å². The molecule has 1 atom stereocenters. The molecule has 0 heterocycles. The van der Waals surface area contributed by atoms with Crippen LogP contribution < -0.4 is 11.1 Å². The van der Waals surface area contributed by atoms with Gasteiger partial charge in [-0.05, 0) is 19.3 Å². The molecule has 0 bridgehead atoms. The molecule has 0 aliphatic carbocycles. The summed E-state index contributed by atoms with van der Waals surface area (Å²) in [5.41, 5.74) is 5.81. The molecule has 0 aromatic carbocycles. The number of guanidine groups is 1. The lowest BCUT2D eigenvalue weighted by Gasteiger charge is -2.18. The van der Waals surface area contributed by atoms with Crippen molar-refractivity contribution in [1.29, 1.82) is 0 Å². The minimum absolute atomic E-state index is 0. The molecule has 6 nitrogen and oxygen atoms in total. The number of aliphatic imine (C=N–C) groups is 1. The second-order valence-corrected chi connectivity index (χ2v) is 8.13. The number of halogens is 1. The predicted octanol–water partition coefficient (Wildman–Crippen LogP) is 2.40. The fraction of sp³-hybridized carbons (Fsp3) is 0.933. The van der Waals surface area contributed by atoms with Gasteiger partial charge in [0.15, 0.2) is 5.96 Å². The van der Waals surface area contributed by atoms with Crippen molar-refractivity contribution in [2.45, 2.75) is 59.9 Å². The van der Waals surface area contributed by atoms with Crippen molar-refractivity contribution >= 4 is 40.0 Å². The topological polar surface area (TPSA) is 87.8 Å². The molecule has 0 aromatic rings. The van der Waals surface area contributed by atoms with Gasteiger partial charge in [0, 0.05) is 19.1 Å². The summed E-state index contributed by atoms with van der Waals surface area (Å²) in [6.07, 6.45) is 3.38. The molecule has 140 valence electrons. The number of sulfonamides is 1. The van der Waals surface area contributed by atoms with E-state index in [-0.39, 0.29) is 42.3 Å². The first-order chi connectivity index (χ1) is 10.2. The minimum atomic E-state index is -3.23. The first-order valence-corrected chi connectivity index (χ1v) is 9.88. The summed E-state index contributed by atoms with van der Waals surface area (Å²) in [7, 11) is -3.23. The van der Waals surface area contributed by atoms with E-state index in [0.29, 0.717) is 25.0 Å². The van der Waals surface area contributed by atoms with E-state index >= 15 is 0 Å². The van der Waals surface area contributed by atoms with Crippen LogP contribution in [0.2, 0.25) is 0 Å². The van der Waals surface area contributed by atoms with Gasteiger partial charge in [0.05, 0.1) is 12.3 Å². The maximum atomic E-state index is 12.0. The van der Waals surface area contributed by atoms with E-state index in [1.54, 1.807) is 0 Å². The molecule has 0 aliphatic heterocycles. The largest absolute Gasteiger partial charge is 0.370 e. The molecule has 0 saturated heterocycles. The first kappa shape index (κ1) is 25.2. The number of nitrogens with two attached hydrogens (primary N) is 1. The summed E-state index contributed by atoms with van der Waals surface area (Å²) in [4.78, 5) is 4.12. The number of rotatable bonds is 11. The number of hydrogen-bond acceptors (Lipinski definition) is 3. The highest BCUT2D eigenvalue weighted by molar-refractivity contribution is 14.0. The molecular weight excluding hydrogens is 427 g/mol. The second-order valence-electron chi connectivity index (χ2n) is 6.04. The SMILES string of the molecule is CCN(CC)S(=O)(=O)CCN=C(N)NC(C)CCCC(C)C.I. The predicted molar refractivity (Wildman–Crippen MR) is 110 cm³/mol. The lowest BCUT2D eigenvalue weighted by molar-refractivity contribution is 0.445. The normalized spacial score (nSPS) is 14.0. The Kier molecular flexibility index (Phi) is 14.5. The molecule has 0 spiro atoms. The Hall–Kier alpha value is -0.0900. The smallest absolute Gasteiger partial charge is 0.215 e. The molecule has 0 fully saturated rings. The summed E-state index contributed by atoms with van der Waals surface area (Å²) >= 11 is 0. The molecule has 0 aromatic heterocycles. The van der Waals surface area contributed by atoms with Crippen LogP contribution >= 0.6 is 24.0 Å². The maximum Gasteiger partial charge on any atom is 0.215 e. The molecule has 23 heavy (non-hydrogen) atoms. The summed E-state index contributed by atoms with van der Waals surface area (Å²) in [6, 6.07) is 0.252. The molecule has 1 unspecified atom stereocenters. The third-order valence-electron chi connectivity index (χ3n) is 3.54. The molecule has 8 heteroatoms. The van der Waals surface area contributed by atoms with Crippen molar-refractivity contribution in [2.24, 2.45) is 16.6 Å². The fourth-order valence-corrected chi connectivity index (χ4v) is 3.60. The van der Waals surface area contributed by atoms with Crippen molar-refractivity contribution in [2.75, 3.05) is 25.4 Å². The third kappa shape index (κ3) is 12.0. The van der Waals surface area contributed by atoms with Gasteiger partial charge < -0.3 is 11.1 Å². The Morgan fingerprint density at radius 2 is 1.74 bits per heavy atom. The maximum absolute atomic E-state index is 12.0. The Morgan fingerprint density at radius 3 is 2.22 bits per heavy atom. The van der Waals surface area contributed by atoms with E-state index in [0.717, 1.165) is 12.8 Å². The van der Waals surface area contributed by atoms with Crippen LogP contribution in [-0.4, -0.2) is 50.1 Å². The first-order valence-electron chi connectivity index (χ1n) is 8.27. The number of nitrogens with one attached hydrogen (secondary N) is 1. The van der Waals surface area contributed by atoms with Crippen LogP contribution in [0.15, 0.2) is 4.99 Å². The van der Waals surface area contributed by atoms with E-state index in [1.807, 2.05) is 13.8 Å². The van der Waals surface area contributed by atoms with Crippen molar-refractivity contribution in [3.63, 3.8) is 0 Å². The van der Waals surface area contributed by atoms with E-state index in [4.69, 9.17) is 5.73 Å². The van der Waals surface area contributed by atoms with Crippen LogP contribution in [0.5, 0.6) is 0 Å². The molecular formula is C15H35IN4O2S. The van der Waals surface area contributed by atoms with Crippen molar-refractivity contribution in [1.82, 2.24) is 9.62 Å². The monoisotopic (exact) mass is 462 g/mol. The number of hydrogen-bond donors (Lipinski definition) is 2. The third-order valence-corrected chi connectivity index (χ3v) is 5.54. The molecule has 3 N–H and O–H groups in total. The van der Waals surface area contributed by atoms with E-state index < -0.39 is 10.0 Å². The molecule has 0 radical (unpaired) electrons. The zero-order chi connectivity index (χ0) is 17.2. The van der Waals surface area contributed by atoms with Gasteiger partial charge in [0.1, 0.15) is 0 Å². The van der Waals surface area contributed by atoms with Crippen LogP contribution in [-0.2, 0) is 10.0 Å². The van der Waals surface area contributed by atoms with Gasteiger partial charge in [-0.3, -0.25) is 4.99 Å². The Morgan fingerprint density at radius 1 is 1.17 bits per heavy atom. The average molecular weight is 462 g/mol. The van der Waals surface area contributed by atoms with Gasteiger partial charge in [-0.15, -0.1) is 24.0 Å². The van der Waals surface area contributed by atoms with Crippen molar-refractivity contribution < 1.29 is 8.42 Å². The quantitative estimate of drug-likeness (QED) is 0.281. The van der Waals surface area contributed by atoms with E-state index in [1.165, 1.54) is 10.7 Å². The Balaban J connectivity index is 0. The van der Waals surface area contributed by atoms with Crippen LogP contribution in [0.1, 0.15) is 53.9 Å². The summed E-state index contributed by atoms with van der Waals surface area (Å²) in [5, 5.41) is 3.12. The van der Waals surface area contributed by atoms with Crippen LogP contribution in [0, 0.1) is 5.92 Å². The lowest BCUT2D eigenvalue weighted by Crippen LogP contribution is -2.39. The molecule has 0 rings (SSSR count). The minimum Gasteiger partial charge on any atom is -0.370 e. The summed E-state index contributed by atoms with van der Waals surface area (Å²) < 4.78 is 25.4. The van der Waals surface area contributed by atoms with Gasteiger partial charge in [-0.2, -0.15) is 0 Å². The Labute approximate surface area is 159 Å². The van der Waals surface area contributed by atoms with Crippen LogP contribution in [0.3, 0.4) is 0 Å². The molecule has 0 aliphatic rings. The second kappa shape index (κ2) is 13.2. The van der Waals surface area contributed by atoms with E-state index in [9.17, 15) is 8.42 Å². The highest BCUT2D eigenvalue weighted by Crippen LogP contribution is 2.08. The lowest BCUT2D eigenvalue weighted by atomic mass is 10.0. The zero-order valence-electron chi connectivity index (χ0n) is 15.2. The van der Waals surface area contributed by atoms with Crippen molar-refractivity contribution in [3.8, 4) is 0 Å². The Bertz CT molecular complexity index is 423. The zero-order valence-corrected chi connectivity index (χ0v) is 18.4. The highest BCUT2D eigenvalue weighted by Gasteiger charge is 2.17. The van der Waals surface area contributed by atoms with Gasteiger partial charge >= 0.3 is 0 Å². The fourth-order valence-electron chi connectivity index (χ4n) is 2.23. The van der Waals surface area contributed by atoms with Crippen molar-refractivity contribution in [3.05, 3.63) is 0 Å². The number of nitrogens with zero attached hydrogens (tertiary/aromatic N) is 2. The van der Waals surface area contributed by atoms with Crippen LogP contribution in [0.25, 0.3) is 0 Å². The molecule has 0 saturated carbocycles.